The summed E-state index contributed by atoms with van der Waals surface area (Å²) in [6.45, 7) is 33.4. The van der Waals surface area contributed by atoms with Crippen LogP contribution in [0.1, 0.15) is 150 Å². The zero-order chi connectivity index (χ0) is 62.2. The molecular formula is C84H87BN4. The Morgan fingerprint density at radius 1 is 0.360 bits per heavy atom. The molecule has 1 fully saturated rings. The second-order valence-corrected chi connectivity index (χ2v) is 30.6. The van der Waals surface area contributed by atoms with E-state index in [2.05, 4.69) is 341 Å². The molecule has 89 heavy (non-hydrogen) atoms. The summed E-state index contributed by atoms with van der Waals surface area (Å²) in [5, 5.41) is 0. The average molecular weight is 1160 g/mol. The number of benzene rings is 10. The summed E-state index contributed by atoms with van der Waals surface area (Å²) in [7, 11) is 0. The number of fused-ring (bicyclic) bond motifs is 7. The topological polar surface area (TPSA) is 13.0 Å². The summed E-state index contributed by atoms with van der Waals surface area (Å²) >= 11 is 0. The van der Waals surface area contributed by atoms with E-state index in [0.717, 1.165) is 30.6 Å². The van der Waals surface area contributed by atoms with Crippen LogP contribution >= 0.6 is 0 Å². The molecule has 3 heterocycles. The van der Waals surface area contributed by atoms with Gasteiger partial charge in [0.15, 0.2) is 0 Å². The second-order valence-electron chi connectivity index (χ2n) is 30.6. The number of nitrogens with zero attached hydrogens (tertiary/aromatic N) is 4. The zero-order valence-corrected chi connectivity index (χ0v) is 55.1. The Kier molecular flexibility index (Phi) is 13.8. The Morgan fingerprint density at radius 2 is 0.753 bits per heavy atom. The van der Waals surface area contributed by atoms with Crippen LogP contribution in [0.25, 0.3) is 22.3 Å². The molecule has 1 saturated carbocycles. The molecule has 0 radical (unpaired) electrons. The van der Waals surface area contributed by atoms with Gasteiger partial charge in [0.1, 0.15) is 0 Å². The second kappa shape index (κ2) is 21.0. The first-order valence-electron chi connectivity index (χ1n) is 32.7. The number of anilines is 11. The number of hydrogen-bond donors (Lipinski definition) is 0. The predicted molar refractivity (Wildman–Crippen MR) is 384 cm³/mol. The normalized spacial score (nSPS) is 17.8. The lowest BCUT2D eigenvalue weighted by Gasteiger charge is -2.51. The molecule has 446 valence electrons. The van der Waals surface area contributed by atoms with Crippen molar-refractivity contribution in [3.63, 3.8) is 0 Å². The smallest absolute Gasteiger partial charge is 0.252 e. The number of para-hydroxylation sites is 2. The van der Waals surface area contributed by atoms with E-state index in [-0.39, 0.29) is 39.3 Å². The van der Waals surface area contributed by atoms with E-state index in [1.807, 2.05) is 0 Å². The van der Waals surface area contributed by atoms with Crippen molar-refractivity contribution in [1.82, 2.24) is 0 Å². The van der Waals surface area contributed by atoms with Crippen molar-refractivity contribution in [3.05, 3.63) is 252 Å². The Morgan fingerprint density at radius 3 is 1.19 bits per heavy atom. The van der Waals surface area contributed by atoms with E-state index in [1.54, 1.807) is 0 Å². The van der Waals surface area contributed by atoms with Crippen LogP contribution in [0, 0.1) is 0 Å². The molecule has 2 unspecified atom stereocenters. The lowest BCUT2D eigenvalue weighted by atomic mass is 9.33. The van der Waals surface area contributed by atoms with Gasteiger partial charge in [0.2, 0.25) is 0 Å². The number of hydrogen-bond acceptors (Lipinski definition) is 4. The fraction of sp³-hybridized carbons (Fsp3) is 0.286. The van der Waals surface area contributed by atoms with Crippen molar-refractivity contribution in [3.8, 4) is 22.3 Å². The molecule has 14 rings (SSSR count). The minimum atomic E-state index is -0.280. The molecule has 0 spiro atoms. The lowest BCUT2D eigenvalue weighted by Crippen LogP contribution is -2.61. The molecule has 4 aliphatic rings. The van der Waals surface area contributed by atoms with E-state index < -0.39 is 0 Å². The maximum Gasteiger partial charge on any atom is 0.252 e. The molecular weight excluding hydrogens is 1080 g/mol. The summed E-state index contributed by atoms with van der Waals surface area (Å²) < 4.78 is 0. The third-order valence-corrected chi connectivity index (χ3v) is 20.8. The summed E-state index contributed by atoms with van der Waals surface area (Å²) in [6.07, 6.45) is 4.50. The van der Waals surface area contributed by atoms with Gasteiger partial charge in [-0.3, -0.25) is 0 Å². The molecule has 0 bridgehead atoms. The van der Waals surface area contributed by atoms with Gasteiger partial charge >= 0.3 is 0 Å². The van der Waals surface area contributed by atoms with Crippen LogP contribution in [0.15, 0.2) is 224 Å². The SMILES string of the molecule is CC(C)(C)c1ccc(N2c3cc(C(C)(C)C)ccc3B3c4ccc(C(C)(C)C)cc4N(c4ccc(C(C)(C)C)cc4-c4ccccc4)c4cc(N5c6ccc(N(c7ccccc7)c7ccccc7)cc6C6(C)CCCCC56C)cc2c43)c(-c2ccccc2)c1. The van der Waals surface area contributed by atoms with Crippen LogP contribution in [0.5, 0.6) is 0 Å². The predicted octanol–water partition coefficient (Wildman–Crippen LogP) is 21.5. The standard InChI is InChI=1S/C84H87BN4/c1-79(2,3)58-39-44-71(66(49-58)56-29-19-15-20-30-56)87-74-51-60(81(7,8)9)37-42-69(74)85-70-43-38-61(82(10,11)12)52-75(70)88(72-45-40-59(80(4,5)6)50-67(72)57-31-21-16-22-32-57)77-55-65(54-76(87)78(77)85)89-73-46-41-64(53-68(73)83(13)47-27-28-48-84(83,89)14)86(62-33-23-17-24-34-62)63-35-25-18-26-36-63/h15-26,29-46,49-55H,27-28,47-48H2,1-14H3. The largest absolute Gasteiger partial charge is 0.334 e. The zero-order valence-electron chi connectivity index (χ0n) is 55.1. The Bertz CT molecular complexity index is 4120. The minimum absolute atomic E-state index is 0.0785. The van der Waals surface area contributed by atoms with Gasteiger partial charge in [-0.2, -0.15) is 0 Å². The van der Waals surface area contributed by atoms with E-state index in [4.69, 9.17) is 0 Å². The van der Waals surface area contributed by atoms with Crippen LogP contribution in [0.2, 0.25) is 0 Å². The van der Waals surface area contributed by atoms with Crippen molar-refractivity contribution in [2.24, 2.45) is 0 Å². The van der Waals surface area contributed by atoms with Crippen molar-refractivity contribution >= 4 is 85.7 Å². The molecule has 4 nitrogen and oxygen atoms in total. The van der Waals surface area contributed by atoms with Crippen LogP contribution in [0.3, 0.4) is 0 Å². The van der Waals surface area contributed by atoms with Gasteiger partial charge in [0.25, 0.3) is 6.71 Å². The van der Waals surface area contributed by atoms with Gasteiger partial charge in [0.05, 0.1) is 16.9 Å². The Balaban J connectivity index is 1.13. The fourth-order valence-corrected chi connectivity index (χ4v) is 15.5. The van der Waals surface area contributed by atoms with Crippen LogP contribution < -0.4 is 36.0 Å². The molecule has 5 heteroatoms. The summed E-state index contributed by atoms with van der Waals surface area (Å²) in [6, 6.07) is 86.6. The Labute approximate surface area is 532 Å². The van der Waals surface area contributed by atoms with E-state index in [1.165, 1.54) is 124 Å². The first-order chi connectivity index (χ1) is 42.4. The molecule has 0 aromatic heterocycles. The first-order valence-corrected chi connectivity index (χ1v) is 32.7. The monoisotopic (exact) mass is 1160 g/mol. The number of rotatable bonds is 8. The summed E-state index contributed by atoms with van der Waals surface area (Å²) in [5.74, 6) is 0. The van der Waals surface area contributed by atoms with Crippen molar-refractivity contribution in [2.75, 3.05) is 19.6 Å². The fourth-order valence-electron chi connectivity index (χ4n) is 15.5. The highest BCUT2D eigenvalue weighted by Gasteiger charge is 2.58. The minimum Gasteiger partial charge on any atom is -0.334 e. The average Bonchev–Trinajstić information content (AvgIpc) is 1.68. The highest BCUT2D eigenvalue weighted by Crippen LogP contribution is 2.63. The molecule has 3 aliphatic heterocycles. The van der Waals surface area contributed by atoms with Gasteiger partial charge in [-0.1, -0.05) is 236 Å². The Hall–Kier alpha value is -8.54. The van der Waals surface area contributed by atoms with Crippen LogP contribution in [-0.4, -0.2) is 12.3 Å². The maximum absolute atomic E-state index is 2.84. The third kappa shape index (κ3) is 9.64. The highest BCUT2D eigenvalue weighted by atomic mass is 15.3. The van der Waals surface area contributed by atoms with Crippen LogP contribution in [-0.2, 0) is 27.1 Å². The maximum atomic E-state index is 2.84. The van der Waals surface area contributed by atoms with Gasteiger partial charge in [-0.25, -0.2) is 0 Å². The first kappa shape index (κ1) is 58.2. The van der Waals surface area contributed by atoms with Crippen molar-refractivity contribution in [2.45, 2.75) is 155 Å². The quantitative estimate of drug-likeness (QED) is 0.141. The molecule has 1 aliphatic carbocycles. The van der Waals surface area contributed by atoms with Gasteiger partial charge in [-0.15, -0.1) is 0 Å². The van der Waals surface area contributed by atoms with E-state index in [9.17, 15) is 0 Å². The molecule has 0 saturated heterocycles. The third-order valence-electron chi connectivity index (χ3n) is 20.8. The molecule has 10 aromatic carbocycles. The van der Waals surface area contributed by atoms with Crippen molar-refractivity contribution in [1.29, 1.82) is 0 Å². The molecule has 0 N–H and O–H groups in total. The lowest BCUT2D eigenvalue weighted by molar-refractivity contribution is 0.195. The molecule has 0 amide bonds. The molecule has 10 aromatic rings. The van der Waals surface area contributed by atoms with Gasteiger partial charge in [0, 0.05) is 67.7 Å². The van der Waals surface area contributed by atoms with Crippen molar-refractivity contribution < 1.29 is 0 Å². The summed E-state index contributed by atoms with van der Waals surface area (Å²) in [5.41, 5.74) is 27.9. The molecule has 2 atom stereocenters. The van der Waals surface area contributed by atoms with E-state index in [0.29, 0.717) is 0 Å². The van der Waals surface area contributed by atoms with Gasteiger partial charge in [-0.05, 0) is 188 Å². The highest BCUT2D eigenvalue weighted by molar-refractivity contribution is 7.00. The summed E-state index contributed by atoms with van der Waals surface area (Å²) in [4.78, 5) is 10.7. The van der Waals surface area contributed by atoms with Gasteiger partial charge < -0.3 is 19.6 Å². The van der Waals surface area contributed by atoms with Crippen LogP contribution in [0.4, 0.5) is 62.6 Å². The van der Waals surface area contributed by atoms with E-state index >= 15 is 0 Å².